The third-order valence-corrected chi connectivity index (χ3v) is 3.44. The summed E-state index contributed by atoms with van der Waals surface area (Å²) in [5, 5.41) is 4.28. The SMILES string of the molecule is Cc1cc(C)nc(SCC(=O)NN=Cc2ccccc2F)n1. The molecule has 0 fully saturated rings. The van der Waals surface area contributed by atoms with Crippen molar-refractivity contribution >= 4 is 23.9 Å². The highest BCUT2D eigenvalue weighted by atomic mass is 32.2. The Balaban J connectivity index is 1.84. The molecule has 0 aliphatic heterocycles. The summed E-state index contributed by atoms with van der Waals surface area (Å²) in [6.45, 7) is 3.75. The fourth-order valence-electron chi connectivity index (χ4n) is 1.67. The zero-order valence-corrected chi connectivity index (χ0v) is 13.0. The molecular weight excluding hydrogens is 303 g/mol. The van der Waals surface area contributed by atoms with E-state index in [2.05, 4.69) is 20.5 Å². The second kappa shape index (κ2) is 7.65. The lowest BCUT2D eigenvalue weighted by molar-refractivity contribution is -0.118. The van der Waals surface area contributed by atoms with Gasteiger partial charge in [-0.05, 0) is 26.0 Å². The summed E-state index contributed by atoms with van der Waals surface area (Å²) in [5.41, 5.74) is 4.37. The van der Waals surface area contributed by atoms with Gasteiger partial charge in [-0.3, -0.25) is 4.79 Å². The fourth-order valence-corrected chi connectivity index (χ4v) is 2.42. The van der Waals surface area contributed by atoms with Gasteiger partial charge in [-0.2, -0.15) is 5.10 Å². The van der Waals surface area contributed by atoms with Crippen LogP contribution in [0.3, 0.4) is 0 Å². The average Bonchev–Trinajstić information content (AvgIpc) is 2.46. The first-order chi connectivity index (χ1) is 10.5. The number of halogens is 1. The monoisotopic (exact) mass is 318 g/mol. The van der Waals surface area contributed by atoms with E-state index in [1.165, 1.54) is 24.0 Å². The number of hydrogen-bond acceptors (Lipinski definition) is 5. The van der Waals surface area contributed by atoms with Crippen LogP contribution in [0.4, 0.5) is 4.39 Å². The van der Waals surface area contributed by atoms with E-state index in [1.54, 1.807) is 18.2 Å². The topological polar surface area (TPSA) is 67.2 Å². The average molecular weight is 318 g/mol. The number of hydrogen-bond donors (Lipinski definition) is 1. The van der Waals surface area contributed by atoms with Gasteiger partial charge in [-0.25, -0.2) is 19.8 Å². The number of benzene rings is 1. The quantitative estimate of drug-likeness (QED) is 0.398. The fraction of sp³-hybridized carbons (Fsp3) is 0.200. The minimum atomic E-state index is -0.390. The van der Waals surface area contributed by atoms with Crippen LogP contribution in [-0.4, -0.2) is 27.8 Å². The molecule has 22 heavy (non-hydrogen) atoms. The van der Waals surface area contributed by atoms with Crippen LogP contribution in [0.15, 0.2) is 40.6 Å². The maximum Gasteiger partial charge on any atom is 0.250 e. The maximum absolute atomic E-state index is 13.3. The van der Waals surface area contributed by atoms with Gasteiger partial charge in [0.15, 0.2) is 5.16 Å². The highest BCUT2D eigenvalue weighted by molar-refractivity contribution is 7.99. The van der Waals surface area contributed by atoms with Gasteiger partial charge in [-0.1, -0.05) is 30.0 Å². The van der Waals surface area contributed by atoms with E-state index in [4.69, 9.17) is 0 Å². The Morgan fingerprint density at radius 2 is 2.00 bits per heavy atom. The number of carbonyl (C=O) groups is 1. The van der Waals surface area contributed by atoms with E-state index >= 15 is 0 Å². The predicted octanol–water partition coefficient (Wildman–Crippen LogP) is 2.47. The van der Waals surface area contributed by atoms with Crippen molar-refractivity contribution < 1.29 is 9.18 Å². The molecule has 2 rings (SSSR count). The molecule has 5 nitrogen and oxygen atoms in total. The van der Waals surface area contributed by atoms with Crippen molar-refractivity contribution in [1.29, 1.82) is 0 Å². The number of carbonyl (C=O) groups excluding carboxylic acids is 1. The standard InChI is InChI=1S/C15H15FN4OS/c1-10-7-11(2)19-15(18-10)22-9-14(21)20-17-8-12-5-3-4-6-13(12)16/h3-8H,9H2,1-2H3,(H,20,21). The van der Waals surface area contributed by atoms with Crippen molar-refractivity contribution in [1.82, 2.24) is 15.4 Å². The van der Waals surface area contributed by atoms with Crippen molar-refractivity contribution in [2.75, 3.05) is 5.75 Å². The van der Waals surface area contributed by atoms with Gasteiger partial charge in [0.05, 0.1) is 12.0 Å². The number of aryl methyl sites for hydroxylation is 2. The molecular formula is C15H15FN4OS. The van der Waals surface area contributed by atoms with Gasteiger partial charge in [0, 0.05) is 17.0 Å². The van der Waals surface area contributed by atoms with E-state index in [9.17, 15) is 9.18 Å². The number of hydrazone groups is 1. The second-order valence-corrected chi connectivity index (χ2v) is 5.48. The lowest BCUT2D eigenvalue weighted by Gasteiger charge is -2.02. The molecule has 0 unspecified atom stereocenters. The summed E-state index contributed by atoms with van der Waals surface area (Å²) < 4.78 is 13.3. The molecule has 1 aromatic carbocycles. The van der Waals surface area contributed by atoms with Gasteiger partial charge >= 0.3 is 0 Å². The minimum absolute atomic E-state index is 0.136. The van der Waals surface area contributed by atoms with Crippen LogP contribution in [0.25, 0.3) is 0 Å². The minimum Gasteiger partial charge on any atom is -0.272 e. The Kier molecular flexibility index (Phi) is 5.60. The molecule has 1 heterocycles. The van der Waals surface area contributed by atoms with Crippen LogP contribution >= 0.6 is 11.8 Å². The van der Waals surface area contributed by atoms with Crippen LogP contribution in [0.2, 0.25) is 0 Å². The Bertz CT molecular complexity index is 685. The van der Waals surface area contributed by atoms with E-state index in [-0.39, 0.29) is 11.7 Å². The van der Waals surface area contributed by atoms with Crippen molar-refractivity contribution in [2.24, 2.45) is 5.10 Å². The summed E-state index contributed by atoms with van der Waals surface area (Å²) in [6, 6.07) is 8.05. The van der Waals surface area contributed by atoms with Crippen molar-refractivity contribution in [2.45, 2.75) is 19.0 Å². The van der Waals surface area contributed by atoms with E-state index in [0.717, 1.165) is 11.4 Å². The molecule has 7 heteroatoms. The summed E-state index contributed by atoms with van der Waals surface area (Å²) >= 11 is 1.22. The Morgan fingerprint density at radius 1 is 1.32 bits per heavy atom. The van der Waals surface area contributed by atoms with Gasteiger partial charge in [0.2, 0.25) is 0 Å². The van der Waals surface area contributed by atoms with Crippen molar-refractivity contribution in [3.8, 4) is 0 Å². The highest BCUT2D eigenvalue weighted by Gasteiger charge is 2.05. The van der Waals surface area contributed by atoms with Gasteiger partial charge in [0.25, 0.3) is 5.91 Å². The van der Waals surface area contributed by atoms with E-state index < -0.39 is 5.82 Å². The summed E-state index contributed by atoms with van der Waals surface area (Å²) in [5.74, 6) is -0.559. The first-order valence-corrected chi connectivity index (χ1v) is 7.54. The molecule has 114 valence electrons. The highest BCUT2D eigenvalue weighted by Crippen LogP contribution is 2.13. The molecule has 0 aliphatic rings. The summed E-state index contributed by atoms with van der Waals surface area (Å²) in [6.07, 6.45) is 1.27. The number of amides is 1. The molecule has 0 saturated heterocycles. The molecule has 0 radical (unpaired) electrons. The number of aromatic nitrogens is 2. The number of nitrogens with one attached hydrogen (secondary N) is 1. The number of nitrogens with zero attached hydrogens (tertiary/aromatic N) is 3. The van der Waals surface area contributed by atoms with Crippen molar-refractivity contribution in [3.05, 3.63) is 53.1 Å². The van der Waals surface area contributed by atoms with Crippen LogP contribution < -0.4 is 5.43 Å². The predicted molar refractivity (Wildman–Crippen MR) is 84.4 cm³/mol. The summed E-state index contributed by atoms with van der Waals surface area (Å²) in [4.78, 5) is 20.1. The van der Waals surface area contributed by atoms with Crippen LogP contribution in [-0.2, 0) is 4.79 Å². The molecule has 0 saturated carbocycles. The lowest BCUT2D eigenvalue weighted by Crippen LogP contribution is -2.20. The molecule has 0 spiro atoms. The normalized spacial score (nSPS) is 10.9. The van der Waals surface area contributed by atoms with E-state index in [1.807, 2.05) is 19.9 Å². The first-order valence-electron chi connectivity index (χ1n) is 6.56. The Morgan fingerprint density at radius 3 is 2.68 bits per heavy atom. The Labute approximate surface area is 132 Å². The van der Waals surface area contributed by atoms with Crippen LogP contribution in [0.1, 0.15) is 17.0 Å². The van der Waals surface area contributed by atoms with Gasteiger partial charge in [-0.15, -0.1) is 0 Å². The molecule has 0 aliphatic carbocycles. The zero-order chi connectivity index (χ0) is 15.9. The maximum atomic E-state index is 13.3. The number of thioether (sulfide) groups is 1. The molecule has 1 N–H and O–H groups in total. The molecule has 0 bridgehead atoms. The first kappa shape index (κ1) is 16.1. The van der Waals surface area contributed by atoms with Crippen molar-refractivity contribution in [3.63, 3.8) is 0 Å². The third kappa shape index (κ3) is 4.92. The number of rotatable bonds is 5. The van der Waals surface area contributed by atoms with E-state index in [0.29, 0.717) is 10.7 Å². The Hall–Kier alpha value is -2.28. The molecule has 2 aromatic rings. The molecule has 1 amide bonds. The summed E-state index contributed by atoms with van der Waals surface area (Å²) in [7, 11) is 0. The lowest BCUT2D eigenvalue weighted by atomic mass is 10.2. The molecule has 1 aromatic heterocycles. The smallest absolute Gasteiger partial charge is 0.250 e. The van der Waals surface area contributed by atoms with Crippen LogP contribution in [0.5, 0.6) is 0 Å². The molecule has 0 atom stereocenters. The van der Waals surface area contributed by atoms with Gasteiger partial charge in [0.1, 0.15) is 5.82 Å². The van der Waals surface area contributed by atoms with Crippen LogP contribution in [0, 0.1) is 19.7 Å². The zero-order valence-electron chi connectivity index (χ0n) is 12.2. The second-order valence-electron chi connectivity index (χ2n) is 4.54. The third-order valence-electron chi connectivity index (χ3n) is 2.59. The van der Waals surface area contributed by atoms with Gasteiger partial charge < -0.3 is 0 Å². The largest absolute Gasteiger partial charge is 0.272 e.